The highest BCUT2D eigenvalue weighted by molar-refractivity contribution is 7.18. The van der Waals surface area contributed by atoms with E-state index in [1.165, 1.54) is 10.4 Å². The summed E-state index contributed by atoms with van der Waals surface area (Å²) in [6, 6.07) is 10.4. The molecule has 5 nitrogen and oxygen atoms in total. The summed E-state index contributed by atoms with van der Waals surface area (Å²) < 4.78 is 0. The van der Waals surface area contributed by atoms with E-state index < -0.39 is 0 Å². The lowest BCUT2D eigenvalue weighted by Gasteiger charge is -2.20. The first-order valence-corrected chi connectivity index (χ1v) is 7.45. The van der Waals surface area contributed by atoms with Crippen molar-refractivity contribution in [3.63, 3.8) is 0 Å². The molecular formula is C15H17N5S. The third kappa shape index (κ3) is 2.55. The second-order valence-electron chi connectivity index (χ2n) is 4.99. The zero-order chi connectivity index (χ0) is 15.0. The molecule has 0 atom stereocenters. The predicted molar refractivity (Wildman–Crippen MR) is 89.2 cm³/mol. The number of hydrogen-bond donors (Lipinski definition) is 2. The highest BCUT2D eigenvalue weighted by atomic mass is 32.1. The van der Waals surface area contributed by atoms with Crippen LogP contribution in [0.25, 0.3) is 10.2 Å². The molecule has 2 heterocycles. The van der Waals surface area contributed by atoms with Crippen LogP contribution in [-0.2, 0) is 0 Å². The Hall–Kier alpha value is -2.18. The van der Waals surface area contributed by atoms with Crippen LogP contribution in [0.2, 0.25) is 0 Å². The summed E-state index contributed by atoms with van der Waals surface area (Å²) in [4.78, 5) is 13.1. The number of nitrogens with zero attached hydrogens (tertiary/aromatic N) is 3. The SMILES string of the molecule is Cc1cccc(N(C)c2nc(NN)nc3sc(C)cc23)c1. The van der Waals surface area contributed by atoms with Crippen molar-refractivity contribution in [3.8, 4) is 0 Å². The van der Waals surface area contributed by atoms with Gasteiger partial charge in [-0.25, -0.2) is 10.8 Å². The molecule has 0 saturated heterocycles. The number of thiophene rings is 1. The number of nitrogens with two attached hydrogens (primary N) is 1. The Balaban J connectivity index is 2.18. The van der Waals surface area contributed by atoms with Gasteiger partial charge in [-0.05, 0) is 37.6 Å². The summed E-state index contributed by atoms with van der Waals surface area (Å²) in [5.41, 5.74) is 4.84. The van der Waals surface area contributed by atoms with Gasteiger partial charge in [-0.2, -0.15) is 4.98 Å². The number of rotatable bonds is 3. The van der Waals surface area contributed by atoms with Gasteiger partial charge in [-0.3, -0.25) is 5.43 Å². The first-order chi connectivity index (χ1) is 10.1. The maximum atomic E-state index is 5.49. The lowest BCUT2D eigenvalue weighted by atomic mass is 10.2. The van der Waals surface area contributed by atoms with Crippen molar-refractivity contribution in [2.75, 3.05) is 17.4 Å². The van der Waals surface area contributed by atoms with Gasteiger partial charge in [-0.1, -0.05) is 12.1 Å². The molecule has 0 unspecified atom stereocenters. The Morgan fingerprint density at radius 3 is 2.71 bits per heavy atom. The maximum Gasteiger partial charge on any atom is 0.240 e. The Kier molecular flexibility index (Phi) is 3.48. The van der Waals surface area contributed by atoms with E-state index in [2.05, 4.69) is 58.4 Å². The minimum atomic E-state index is 0.429. The van der Waals surface area contributed by atoms with Crippen LogP contribution < -0.4 is 16.2 Å². The van der Waals surface area contributed by atoms with Crippen molar-refractivity contribution in [2.24, 2.45) is 5.84 Å². The summed E-state index contributed by atoms with van der Waals surface area (Å²) in [7, 11) is 2.00. The number of aromatic nitrogens is 2. The summed E-state index contributed by atoms with van der Waals surface area (Å²) in [6.45, 7) is 4.15. The van der Waals surface area contributed by atoms with Gasteiger partial charge in [0.1, 0.15) is 10.6 Å². The maximum absolute atomic E-state index is 5.49. The van der Waals surface area contributed by atoms with E-state index in [4.69, 9.17) is 5.84 Å². The summed E-state index contributed by atoms with van der Waals surface area (Å²) in [6.07, 6.45) is 0. The van der Waals surface area contributed by atoms with Crippen molar-refractivity contribution < 1.29 is 0 Å². The predicted octanol–water partition coefficient (Wildman–Crippen LogP) is 3.36. The fourth-order valence-electron chi connectivity index (χ4n) is 2.31. The molecule has 0 aliphatic heterocycles. The van der Waals surface area contributed by atoms with Gasteiger partial charge in [0.05, 0.1) is 5.39 Å². The van der Waals surface area contributed by atoms with E-state index in [1.807, 2.05) is 13.1 Å². The van der Waals surface area contributed by atoms with Crippen LogP contribution in [0.5, 0.6) is 0 Å². The van der Waals surface area contributed by atoms with E-state index in [0.717, 1.165) is 21.7 Å². The van der Waals surface area contributed by atoms with Gasteiger partial charge >= 0.3 is 0 Å². The molecule has 0 spiro atoms. The van der Waals surface area contributed by atoms with Crippen molar-refractivity contribution in [1.82, 2.24) is 9.97 Å². The molecule has 0 bridgehead atoms. The third-order valence-electron chi connectivity index (χ3n) is 3.33. The molecule has 0 aliphatic carbocycles. The van der Waals surface area contributed by atoms with Crippen LogP contribution >= 0.6 is 11.3 Å². The Morgan fingerprint density at radius 1 is 1.19 bits per heavy atom. The topological polar surface area (TPSA) is 67.1 Å². The van der Waals surface area contributed by atoms with Crippen molar-refractivity contribution in [3.05, 3.63) is 40.8 Å². The number of aryl methyl sites for hydroxylation is 2. The largest absolute Gasteiger partial charge is 0.329 e. The second-order valence-corrected chi connectivity index (χ2v) is 6.22. The Labute approximate surface area is 127 Å². The molecule has 21 heavy (non-hydrogen) atoms. The quantitative estimate of drug-likeness (QED) is 0.573. The number of nitrogen functional groups attached to an aromatic ring is 1. The zero-order valence-electron chi connectivity index (χ0n) is 12.2. The summed E-state index contributed by atoms with van der Waals surface area (Å²) in [5.74, 6) is 6.77. The van der Waals surface area contributed by atoms with Gasteiger partial charge < -0.3 is 4.90 Å². The van der Waals surface area contributed by atoms with Crippen molar-refractivity contribution in [1.29, 1.82) is 0 Å². The fraction of sp³-hybridized carbons (Fsp3) is 0.200. The molecule has 0 aliphatic rings. The zero-order valence-corrected chi connectivity index (χ0v) is 13.0. The number of benzene rings is 1. The molecule has 6 heteroatoms. The first-order valence-electron chi connectivity index (χ1n) is 6.63. The average Bonchev–Trinajstić information content (AvgIpc) is 2.85. The second kappa shape index (κ2) is 5.31. The van der Waals surface area contributed by atoms with Gasteiger partial charge in [0.2, 0.25) is 5.95 Å². The summed E-state index contributed by atoms with van der Waals surface area (Å²) in [5, 5.41) is 1.04. The molecule has 1 aromatic carbocycles. The van der Waals surface area contributed by atoms with Gasteiger partial charge in [0, 0.05) is 17.6 Å². The Morgan fingerprint density at radius 2 is 2.00 bits per heavy atom. The molecule has 3 aromatic rings. The van der Waals surface area contributed by atoms with Crippen LogP contribution in [0.1, 0.15) is 10.4 Å². The number of nitrogens with one attached hydrogen (secondary N) is 1. The average molecular weight is 299 g/mol. The smallest absolute Gasteiger partial charge is 0.240 e. The molecule has 2 aromatic heterocycles. The number of fused-ring (bicyclic) bond motifs is 1. The monoisotopic (exact) mass is 299 g/mol. The van der Waals surface area contributed by atoms with Crippen LogP contribution in [0.4, 0.5) is 17.5 Å². The van der Waals surface area contributed by atoms with E-state index in [9.17, 15) is 0 Å². The third-order valence-corrected chi connectivity index (χ3v) is 4.28. The number of anilines is 3. The normalized spacial score (nSPS) is 10.9. The van der Waals surface area contributed by atoms with Gasteiger partial charge in [0.15, 0.2) is 0 Å². The molecule has 108 valence electrons. The molecule has 0 saturated carbocycles. The highest BCUT2D eigenvalue weighted by Crippen LogP contribution is 2.34. The van der Waals surface area contributed by atoms with Crippen LogP contribution in [0.3, 0.4) is 0 Å². The number of hydrazine groups is 1. The van der Waals surface area contributed by atoms with E-state index in [-0.39, 0.29) is 0 Å². The summed E-state index contributed by atoms with van der Waals surface area (Å²) >= 11 is 1.64. The lowest BCUT2D eigenvalue weighted by Crippen LogP contribution is -2.15. The van der Waals surface area contributed by atoms with E-state index >= 15 is 0 Å². The standard InChI is InChI=1S/C15H17N5S/c1-9-5-4-6-11(7-9)20(3)13-12-8-10(2)21-14(12)18-15(17-13)19-16/h4-8H,16H2,1-3H3,(H,17,18,19). The van der Waals surface area contributed by atoms with E-state index in [0.29, 0.717) is 5.95 Å². The molecular weight excluding hydrogens is 282 g/mol. The molecule has 3 rings (SSSR count). The molecule has 0 radical (unpaired) electrons. The van der Waals surface area contributed by atoms with Crippen molar-refractivity contribution >= 4 is 39.0 Å². The molecule has 3 N–H and O–H groups in total. The van der Waals surface area contributed by atoms with Gasteiger partial charge in [-0.15, -0.1) is 11.3 Å². The number of hydrogen-bond acceptors (Lipinski definition) is 6. The molecule has 0 amide bonds. The van der Waals surface area contributed by atoms with Crippen LogP contribution in [-0.4, -0.2) is 17.0 Å². The minimum Gasteiger partial charge on any atom is -0.329 e. The highest BCUT2D eigenvalue weighted by Gasteiger charge is 2.15. The van der Waals surface area contributed by atoms with Crippen molar-refractivity contribution in [2.45, 2.75) is 13.8 Å². The first kappa shape index (κ1) is 13.8. The minimum absolute atomic E-state index is 0.429. The van der Waals surface area contributed by atoms with Crippen LogP contribution in [0.15, 0.2) is 30.3 Å². The van der Waals surface area contributed by atoms with E-state index in [1.54, 1.807) is 11.3 Å². The Bertz CT molecular complexity index is 796. The van der Waals surface area contributed by atoms with Gasteiger partial charge in [0.25, 0.3) is 0 Å². The van der Waals surface area contributed by atoms with Crippen LogP contribution in [0, 0.1) is 13.8 Å². The lowest BCUT2D eigenvalue weighted by molar-refractivity contribution is 1.09. The molecule has 0 fully saturated rings. The fourth-order valence-corrected chi connectivity index (χ4v) is 3.18.